The van der Waals surface area contributed by atoms with Gasteiger partial charge in [-0.05, 0) is 12.8 Å². The van der Waals surface area contributed by atoms with Gasteiger partial charge in [-0.25, -0.2) is 0 Å². The molecule has 2 aliphatic rings. The molecular formula is C69H135NO13. The van der Waals surface area contributed by atoms with E-state index in [-0.39, 0.29) is 12.5 Å². The monoisotopic (exact) mass is 1190 g/mol. The van der Waals surface area contributed by atoms with Crippen LogP contribution in [0, 0.1) is 0 Å². The summed E-state index contributed by atoms with van der Waals surface area (Å²) >= 11 is 0. The van der Waals surface area contributed by atoms with Crippen molar-refractivity contribution in [2.75, 3.05) is 19.8 Å². The highest BCUT2D eigenvalue weighted by Crippen LogP contribution is 2.30. The van der Waals surface area contributed by atoms with E-state index in [1.54, 1.807) is 0 Å². The van der Waals surface area contributed by atoms with Crippen LogP contribution in [0.1, 0.15) is 341 Å². The van der Waals surface area contributed by atoms with Gasteiger partial charge in [0.2, 0.25) is 5.91 Å². The first-order chi connectivity index (χ1) is 40.6. The normalized spacial score (nSPS) is 23.7. The van der Waals surface area contributed by atoms with Crippen LogP contribution in [0.2, 0.25) is 0 Å². The minimum Gasteiger partial charge on any atom is -0.394 e. The maximum absolute atomic E-state index is 13.3. The molecule has 2 rings (SSSR count). The lowest BCUT2D eigenvalue weighted by Gasteiger charge is -2.46. The van der Waals surface area contributed by atoms with Crippen molar-refractivity contribution < 1.29 is 64.6 Å². The second-order valence-electron chi connectivity index (χ2n) is 25.7. The molecular weight excluding hydrogens is 1050 g/mol. The van der Waals surface area contributed by atoms with E-state index in [0.29, 0.717) is 12.8 Å². The minimum atomic E-state index is -1.78. The Bertz CT molecular complexity index is 1400. The molecule has 0 aliphatic carbocycles. The fraction of sp³-hybridized carbons (Fsp3) is 0.986. The molecule has 2 saturated heterocycles. The van der Waals surface area contributed by atoms with Gasteiger partial charge >= 0.3 is 0 Å². The minimum absolute atomic E-state index is 0.198. The van der Waals surface area contributed by atoms with Crippen molar-refractivity contribution in [3.8, 4) is 0 Å². The van der Waals surface area contributed by atoms with E-state index < -0.39 is 86.8 Å². The molecule has 2 fully saturated rings. The quantitative estimate of drug-likeness (QED) is 0.0259. The lowest BCUT2D eigenvalue weighted by Crippen LogP contribution is -2.65. The van der Waals surface area contributed by atoms with Crippen molar-refractivity contribution in [1.29, 1.82) is 0 Å². The highest BCUT2D eigenvalue weighted by atomic mass is 16.7. The summed E-state index contributed by atoms with van der Waals surface area (Å²) in [6.07, 6.45) is 48.6. The molecule has 0 spiro atoms. The summed E-state index contributed by atoms with van der Waals surface area (Å²) in [5, 5.41) is 87.5. The molecule has 12 atom stereocenters. The fourth-order valence-corrected chi connectivity index (χ4v) is 12.4. The third-order valence-corrected chi connectivity index (χ3v) is 18.1. The molecule has 0 radical (unpaired) electrons. The molecule has 4 unspecified atom stereocenters. The first-order valence-corrected chi connectivity index (χ1v) is 35.8. The van der Waals surface area contributed by atoms with E-state index in [1.807, 2.05) is 0 Å². The van der Waals surface area contributed by atoms with Gasteiger partial charge in [0.15, 0.2) is 12.6 Å². The summed E-state index contributed by atoms with van der Waals surface area (Å²) in [4.78, 5) is 13.3. The van der Waals surface area contributed by atoms with Gasteiger partial charge in [-0.15, -0.1) is 0 Å². The average Bonchev–Trinajstić information content (AvgIpc) is 3.65. The van der Waals surface area contributed by atoms with Crippen molar-refractivity contribution in [2.24, 2.45) is 0 Å². The van der Waals surface area contributed by atoms with Gasteiger partial charge in [0.05, 0.1) is 32.0 Å². The van der Waals surface area contributed by atoms with Gasteiger partial charge in [-0.1, -0.05) is 322 Å². The zero-order valence-electron chi connectivity index (χ0n) is 53.7. The highest BCUT2D eigenvalue weighted by Gasteiger charge is 2.51. The van der Waals surface area contributed by atoms with Gasteiger partial charge < -0.3 is 65.1 Å². The SMILES string of the molecule is CCCCCCCCCCCCCCCCCCCCCCCCCCCCCCCCCCCCC(=O)N[C@@H](CO[C@@H]1O[C@H](CO)[C@@H](O[C@@H]2O[C@H](CO)[C@H](O)C(O)C2O)C(O)C1O)[C@H](O)CCCCCCCCCCCCCCCCC. The molecule has 494 valence electrons. The second-order valence-corrected chi connectivity index (χ2v) is 25.7. The summed E-state index contributed by atoms with van der Waals surface area (Å²) in [7, 11) is 0. The lowest BCUT2D eigenvalue weighted by atomic mass is 9.97. The Kier molecular flexibility index (Phi) is 51.8. The third kappa shape index (κ3) is 39.6. The smallest absolute Gasteiger partial charge is 0.220 e. The maximum Gasteiger partial charge on any atom is 0.220 e. The van der Waals surface area contributed by atoms with Crippen LogP contribution >= 0.6 is 0 Å². The predicted molar refractivity (Wildman–Crippen MR) is 337 cm³/mol. The van der Waals surface area contributed by atoms with E-state index in [0.717, 1.165) is 51.4 Å². The summed E-state index contributed by atoms with van der Waals surface area (Å²) in [6, 6.07) is -0.823. The lowest BCUT2D eigenvalue weighted by molar-refractivity contribution is -0.359. The Morgan fingerprint density at radius 2 is 0.687 bits per heavy atom. The number of hydrogen-bond acceptors (Lipinski definition) is 13. The zero-order valence-corrected chi connectivity index (χ0v) is 53.7. The Hall–Kier alpha value is -1.01. The van der Waals surface area contributed by atoms with Crippen LogP contribution in [0.15, 0.2) is 0 Å². The molecule has 14 heteroatoms. The number of nitrogens with one attached hydrogen (secondary N) is 1. The highest BCUT2D eigenvalue weighted by molar-refractivity contribution is 5.76. The van der Waals surface area contributed by atoms with Gasteiger partial charge in [0.25, 0.3) is 0 Å². The summed E-state index contributed by atoms with van der Waals surface area (Å²) in [6.45, 7) is 2.92. The number of unbranched alkanes of at least 4 members (excludes halogenated alkanes) is 47. The largest absolute Gasteiger partial charge is 0.394 e. The molecule has 9 N–H and O–H groups in total. The number of rotatable bonds is 60. The number of carbonyl (C=O) groups excluding carboxylic acids is 1. The van der Waals surface area contributed by atoms with Gasteiger partial charge in [-0.3, -0.25) is 4.79 Å². The number of hydrogen-bond donors (Lipinski definition) is 9. The second kappa shape index (κ2) is 55.1. The number of carbonyl (C=O) groups is 1. The molecule has 1 amide bonds. The van der Waals surface area contributed by atoms with Crippen molar-refractivity contribution in [2.45, 2.75) is 415 Å². The molecule has 2 aliphatic heterocycles. The zero-order chi connectivity index (χ0) is 60.2. The van der Waals surface area contributed by atoms with E-state index in [9.17, 15) is 45.6 Å². The fourth-order valence-electron chi connectivity index (χ4n) is 12.4. The van der Waals surface area contributed by atoms with Crippen molar-refractivity contribution in [1.82, 2.24) is 5.32 Å². The molecule has 83 heavy (non-hydrogen) atoms. The van der Waals surface area contributed by atoms with Crippen LogP contribution in [-0.2, 0) is 23.7 Å². The van der Waals surface area contributed by atoms with E-state index in [2.05, 4.69) is 19.2 Å². The molecule has 0 saturated carbocycles. The average molecular weight is 1190 g/mol. The number of amides is 1. The Morgan fingerprint density at radius 1 is 0.386 bits per heavy atom. The Balaban J connectivity index is 1.58. The summed E-state index contributed by atoms with van der Waals surface area (Å²) < 4.78 is 22.9. The van der Waals surface area contributed by atoms with Crippen LogP contribution in [0.5, 0.6) is 0 Å². The topological polar surface area (TPSA) is 228 Å². The molecule has 14 nitrogen and oxygen atoms in total. The van der Waals surface area contributed by atoms with Crippen LogP contribution in [0.3, 0.4) is 0 Å². The Labute approximate surface area is 508 Å². The molecule has 0 aromatic heterocycles. The van der Waals surface area contributed by atoms with Gasteiger partial charge in [0.1, 0.15) is 48.8 Å². The van der Waals surface area contributed by atoms with Crippen LogP contribution in [0.25, 0.3) is 0 Å². The number of ether oxygens (including phenoxy) is 4. The molecule has 0 aromatic carbocycles. The first-order valence-electron chi connectivity index (χ1n) is 35.8. The standard InChI is InChI=1S/C69H135NO13/c1-3-5-7-9-11-13-15-17-19-20-21-22-23-24-25-26-27-28-29-30-31-32-33-34-35-36-37-39-41-43-45-47-49-51-53-61(74)70-57(58(73)52-50-48-46-44-42-40-38-18-16-14-12-10-8-6-4-2)56-80-68-66(79)64(77)67(60(55-72)82-68)83-69-65(78)63(76)62(75)59(54-71)81-69/h57-60,62-69,71-73,75-79H,3-56H2,1-2H3,(H,70,74)/t57-,58+,59+,60+,62-,63?,64?,65?,66?,67+,68+,69-/m0/s1. The third-order valence-electron chi connectivity index (χ3n) is 18.1. The first kappa shape index (κ1) is 78.1. The van der Waals surface area contributed by atoms with Crippen molar-refractivity contribution >= 4 is 5.91 Å². The molecule has 2 heterocycles. The summed E-state index contributed by atoms with van der Waals surface area (Å²) in [5.41, 5.74) is 0. The van der Waals surface area contributed by atoms with E-state index in [1.165, 1.54) is 263 Å². The van der Waals surface area contributed by atoms with Gasteiger partial charge in [-0.2, -0.15) is 0 Å². The van der Waals surface area contributed by atoms with Crippen LogP contribution < -0.4 is 5.32 Å². The predicted octanol–water partition coefficient (Wildman–Crippen LogP) is 14.4. The maximum atomic E-state index is 13.3. The molecule has 0 bridgehead atoms. The Morgan fingerprint density at radius 3 is 1.02 bits per heavy atom. The van der Waals surface area contributed by atoms with Crippen LogP contribution in [-0.4, -0.2) is 140 Å². The van der Waals surface area contributed by atoms with Crippen molar-refractivity contribution in [3.05, 3.63) is 0 Å². The summed E-state index contributed by atoms with van der Waals surface area (Å²) in [5.74, 6) is -0.198. The van der Waals surface area contributed by atoms with Gasteiger partial charge in [0, 0.05) is 6.42 Å². The number of aliphatic hydroxyl groups excluding tert-OH is 8. The van der Waals surface area contributed by atoms with E-state index >= 15 is 0 Å². The van der Waals surface area contributed by atoms with Crippen molar-refractivity contribution in [3.63, 3.8) is 0 Å². The van der Waals surface area contributed by atoms with E-state index in [4.69, 9.17) is 18.9 Å². The van der Waals surface area contributed by atoms with Crippen LogP contribution in [0.4, 0.5) is 0 Å². The number of aliphatic hydroxyl groups is 8. The molecule has 0 aromatic rings.